The summed E-state index contributed by atoms with van der Waals surface area (Å²) in [5.74, 6) is 0. The van der Waals surface area contributed by atoms with Crippen molar-refractivity contribution < 1.29 is 0 Å². The van der Waals surface area contributed by atoms with Gasteiger partial charge in [0.1, 0.15) is 0 Å². The van der Waals surface area contributed by atoms with Crippen molar-refractivity contribution in [1.29, 1.82) is 0 Å². The van der Waals surface area contributed by atoms with Gasteiger partial charge in [-0.25, -0.2) is 0 Å². The maximum absolute atomic E-state index is 2.46. The molecule has 0 aliphatic rings. The predicted octanol–water partition coefficient (Wildman–Crippen LogP) is 16.2. The molecule has 0 spiro atoms. The van der Waals surface area contributed by atoms with E-state index in [1.807, 2.05) is 0 Å². The molecule has 0 saturated carbocycles. The molecule has 264 valence electrons. The third-order valence-corrected chi connectivity index (χ3v) is 12.5. The first kappa shape index (κ1) is 32.0. The monoisotopic (exact) mass is 720 g/mol. The van der Waals surface area contributed by atoms with Crippen LogP contribution in [0.1, 0.15) is 5.56 Å². The van der Waals surface area contributed by atoms with E-state index in [1.54, 1.807) is 0 Å². The number of rotatable bonds is 4. The largest absolute Gasteiger partial charge is 0.0616 e. The lowest BCUT2D eigenvalue weighted by Gasteiger charge is -2.22. The number of fused-ring (bicyclic) bond motifs is 4. The number of hydrogen-bond acceptors (Lipinski definition) is 0. The van der Waals surface area contributed by atoms with Crippen LogP contribution in [0, 0.1) is 6.92 Å². The first-order chi connectivity index (χ1) is 28.1. The fraction of sp³-hybridized carbons (Fsp3) is 0.0175. The molecule has 0 aromatic heterocycles. The van der Waals surface area contributed by atoms with E-state index in [0.29, 0.717) is 0 Å². The Morgan fingerprint density at radius 2 is 0.544 bits per heavy atom. The Hall–Kier alpha value is -7.28. The van der Waals surface area contributed by atoms with Crippen molar-refractivity contribution in [2.24, 2.45) is 0 Å². The quantitative estimate of drug-likeness (QED) is 0.159. The third kappa shape index (κ3) is 5.01. The van der Waals surface area contributed by atoms with Crippen LogP contribution in [0.5, 0.6) is 0 Å². The fourth-order valence-corrected chi connectivity index (χ4v) is 9.63. The van der Waals surface area contributed by atoms with Crippen molar-refractivity contribution in [3.05, 3.63) is 206 Å². The van der Waals surface area contributed by atoms with E-state index in [4.69, 9.17) is 0 Å². The van der Waals surface area contributed by atoms with Crippen LogP contribution in [0.15, 0.2) is 200 Å². The second-order valence-electron chi connectivity index (χ2n) is 15.7. The minimum Gasteiger partial charge on any atom is -0.0616 e. The summed E-state index contributed by atoms with van der Waals surface area (Å²) in [6.07, 6.45) is 0. The van der Waals surface area contributed by atoms with Crippen molar-refractivity contribution in [2.75, 3.05) is 0 Å². The molecule has 0 unspecified atom stereocenters. The Morgan fingerprint density at radius 3 is 0.947 bits per heavy atom. The zero-order chi connectivity index (χ0) is 37.6. The van der Waals surface area contributed by atoms with Gasteiger partial charge in [0.25, 0.3) is 0 Å². The SMILES string of the molecule is Cc1cccc2cc(-c3cc(-c4ccc5ccccc5c4)c4ccc5c(-c6ccc7ccccc7c6)cc(-c6ccc7ccccc7c6)c6ccc3c4c56)ccc12. The molecule has 0 heterocycles. The highest BCUT2D eigenvalue weighted by Gasteiger charge is 2.21. The summed E-state index contributed by atoms with van der Waals surface area (Å²) in [6, 6.07) is 75.1. The van der Waals surface area contributed by atoms with E-state index in [9.17, 15) is 0 Å². The zero-order valence-corrected chi connectivity index (χ0v) is 31.6. The van der Waals surface area contributed by atoms with Gasteiger partial charge in [0.2, 0.25) is 0 Å². The van der Waals surface area contributed by atoms with E-state index in [1.165, 1.54) is 125 Å². The number of benzene rings is 12. The van der Waals surface area contributed by atoms with E-state index >= 15 is 0 Å². The van der Waals surface area contributed by atoms with Crippen molar-refractivity contribution in [3.63, 3.8) is 0 Å². The van der Waals surface area contributed by atoms with Gasteiger partial charge in [-0.05, 0) is 169 Å². The Kier molecular flexibility index (Phi) is 6.94. The number of hydrogen-bond donors (Lipinski definition) is 0. The standard InChI is InChI=1S/C57H36/c1-35-9-8-16-42-32-46(23-24-47(35)42)55-34-54(45-22-19-38-12-4-7-15-41(38)31-45)50-26-25-48-52(43-20-17-36-10-2-5-13-39(36)29-43)33-53(49-27-28-51(55)57(50)56(48)49)44-21-18-37-11-3-6-14-40(37)30-44/h2-34H,1H3. The molecule has 0 heteroatoms. The van der Waals surface area contributed by atoms with Crippen molar-refractivity contribution in [3.8, 4) is 44.5 Å². The molecule has 0 N–H and O–H groups in total. The van der Waals surface area contributed by atoms with Crippen LogP contribution >= 0.6 is 0 Å². The summed E-state index contributed by atoms with van der Waals surface area (Å²) < 4.78 is 0. The molecule has 0 bridgehead atoms. The van der Waals surface area contributed by atoms with E-state index < -0.39 is 0 Å². The van der Waals surface area contributed by atoms with Crippen LogP contribution in [-0.4, -0.2) is 0 Å². The van der Waals surface area contributed by atoms with Crippen LogP contribution in [0.25, 0.3) is 120 Å². The maximum Gasteiger partial charge on any atom is -0.00139 e. The summed E-state index contributed by atoms with van der Waals surface area (Å²) in [5.41, 5.74) is 11.2. The van der Waals surface area contributed by atoms with Crippen LogP contribution in [0.2, 0.25) is 0 Å². The van der Waals surface area contributed by atoms with E-state index in [0.717, 1.165) is 0 Å². The van der Waals surface area contributed by atoms with Gasteiger partial charge in [0, 0.05) is 0 Å². The average Bonchev–Trinajstić information content (AvgIpc) is 3.27. The normalized spacial score (nSPS) is 11.9. The van der Waals surface area contributed by atoms with Gasteiger partial charge in [-0.1, -0.05) is 164 Å². The highest BCUT2D eigenvalue weighted by Crippen LogP contribution is 2.49. The molecule has 0 aliphatic heterocycles. The second kappa shape index (κ2) is 12.4. The summed E-state index contributed by atoms with van der Waals surface area (Å²) in [6.45, 7) is 2.20. The maximum atomic E-state index is 2.46. The molecule has 0 amide bonds. The highest BCUT2D eigenvalue weighted by atomic mass is 14.2. The molecule has 0 radical (unpaired) electrons. The Morgan fingerprint density at radius 1 is 0.228 bits per heavy atom. The molecule has 0 atom stereocenters. The van der Waals surface area contributed by atoms with Gasteiger partial charge in [-0.3, -0.25) is 0 Å². The van der Waals surface area contributed by atoms with Gasteiger partial charge in [0.05, 0.1) is 0 Å². The van der Waals surface area contributed by atoms with Crippen molar-refractivity contribution >= 4 is 75.4 Å². The Bertz CT molecular complexity index is 3490. The molecule has 12 aromatic rings. The molecule has 12 aromatic carbocycles. The number of aryl methyl sites for hydroxylation is 1. The summed E-state index contributed by atoms with van der Waals surface area (Å²) in [7, 11) is 0. The summed E-state index contributed by atoms with van der Waals surface area (Å²) in [4.78, 5) is 0. The lowest BCUT2D eigenvalue weighted by atomic mass is 9.81. The summed E-state index contributed by atoms with van der Waals surface area (Å²) in [5, 5.41) is 17.8. The molecule has 0 fully saturated rings. The fourth-order valence-electron chi connectivity index (χ4n) is 9.63. The van der Waals surface area contributed by atoms with Gasteiger partial charge in [-0.15, -0.1) is 0 Å². The Balaban J connectivity index is 1.23. The van der Waals surface area contributed by atoms with Gasteiger partial charge < -0.3 is 0 Å². The zero-order valence-electron chi connectivity index (χ0n) is 31.6. The summed E-state index contributed by atoms with van der Waals surface area (Å²) >= 11 is 0. The highest BCUT2D eigenvalue weighted by molar-refractivity contribution is 6.32. The van der Waals surface area contributed by atoms with Crippen LogP contribution in [0.4, 0.5) is 0 Å². The van der Waals surface area contributed by atoms with Crippen LogP contribution < -0.4 is 0 Å². The Labute approximate surface area is 331 Å². The molecular formula is C57H36. The van der Waals surface area contributed by atoms with Gasteiger partial charge in [0.15, 0.2) is 0 Å². The average molecular weight is 721 g/mol. The van der Waals surface area contributed by atoms with E-state index in [2.05, 4.69) is 207 Å². The second-order valence-corrected chi connectivity index (χ2v) is 15.7. The van der Waals surface area contributed by atoms with Crippen molar-refractivity contribution in [1.82, 2.24) is 0 Å². The first-order valence-corrected chi connectivity index (χ1v) is 19.9. The third-order valence-electron chi connectivity index (χ3n) is 12.5. The van der Waals surface area contributed by atoms with Gasteiger partial charge >= 0.3 is 0 Å². The molecule has 0 aliphatic carbocycles. The van der Waals surface area contributed by atoms with E-state index in [-0.39, 0.29) is 0 Å². The first-order valence-electron chi connectivity index (χ1n) is 19.9. The van der Waals surface area contributed by atoms with Gasteiger partial charge in [-0.2, -0.15) is 0 Å². The predicted molar refractivity (Wildman–Crippen MR) is 247 cm³/mol. The lowest BCUT2D eigenvalue weighted by Crippen LogP contribution is -1.94. The van der Waals surface area contributed by atoms with Crippen molar-refractivity contribution in [2.45, 2.75) is 6.92 Å². The molecule has 57 heavy (non-hydrogen) atoms. The minimum atomic E-state index is 1.23. The molecular weight excluding hydrogens is 685 g/mol. The van der Waals surface area contributed by atoms with Crippen LogP contribution in [-0.2, 0) is 0 Å². The smallest absolute Gasteiger partial charge is 0.00139 e. The lowest BCUT2D eigenvalue weighted by molar-refractivity contribution is 1.53. The minimum absolute atomic E-state index is 1.23. The molecule has 0 nitrogen and oxygen atoms in total. The van der Waals surface area contributed by atoms with Crippen LogP contribution in [0.3, 0.4) is 0 Å². The molecule has 0 saturated heterocycles. The molecule has 12 rings (SSSR count). The topological polar surface area (TPSA) is 0 Å².